The Morgan fingerprint density at radius 3 is 2.19 bits per heavy atom. The summed E-state index contributed by atoms with van der Waals surface area (Å²) in [4.78, 5) is 15.5. The normalized spacial score (nSPS) is 22.9. The zero-order valence-electron chi connectivity index (χ0n) is 22.9. The third kappa shape index (κ3) is 6.92. The van der Waals surface area contributed by atoms with Gasteiger partial charge in [-0.15, -0.1) is 0 Å². The average Bonchev–Trinajstić information content (AvgIpc) is 3.20. The maximum Gasteiger partial charge on any atom is 0.226 e. The summed E-state index contributed by atoms with van der Waals surface area (Å²) in [5, 5.41) is 1.34. The van der Waals surface area contributed by atoms with Crippen LogP contribution in [0.3, 0.4) is 0 Å². The molecule has 1 saturated carbocycles. The second-order valence-electron chi connectivity index (χ2n) is 12.2. The second-order valence-corrected chi connectivity index (χ2v) is 17.7. The molecule has 0 aromatic heterocycles. The van der Waals surface area contributed by atoms with Crippen LogP contribution in [0.1, 0.15) is 64.0 Å². The van der Waals surface area contributed by atoms with Gasteiger partial charge in [0.2, 0.25) is 5.91 Å². The van der Waals surface area contributed by atoms with E-state index in [0.29, 0.717) is 41.0 Å². The molecule has 0 N–H and O–H groups in total. The summed E-state index contributed by atoms with van der Waals surface area (Å²) in [6, 6.07) is 13.9. The molecule has 37 heavy (non-hydrogen) atoms. The van der Waals surface area contributed by atoms with Crippen molar-refractivity contribution in [3.63, 3.8) is 0 Å². The van der Waals surface area contributed by atoms with Gasteiger partial charge in [-0.1, -0.05) is 74.3 Å². The largest absolute Gasteiger partial charge is 0.489 e. The number of carbonyl (C=O) groups excluding carboxylic acids is 1. The topological polar surface area (TPSA) is 38.8 Å². The van der Waals surface area contributed by atoms with Gasteiger partial charge in [0.05, 0.1) is 0 Å². The first-order chi connectivity index (χ1) is 17.4. The summed E-state index contributed by atoms with van der Waals surface area (Å²) < 4.78 is 12.6. The van der Waals surface area contributed by atoms with E-state index >= 15 is 0 Å². The lowest BCUT2D eigenvalue weighted by molar-refractivity contribution is -0.133. The molecule has 2 aromatic rings. The van der Waals surface area contributed by atoms with Gasteiger partial charge in [-0.2, -0.15) is 0 Å². The highest BCUT2D eigenvalue weighted by molar-refractivity contribution is 6.74. The lowest BCUT2D eigenvalue weighted by Gasteiger charge is -2.42. The molecule has 4 rings (SSSR count). The van der Waals surface area contributed by atoms with Crippen molar-refractivity contribution in [2.45, 2.75) is 96.2 Å². The maximum absolute atomic E-state index is 13.4. The number of halogens is 2. The number of nitrogens with zero attached hydrogens (tertiary/aromatic N) is 1. The fraction of sp³-hybridized carbons (Fsp3) is 0.567. The van der Waals surface area contributed by atoms with E-state index in [9.17, 15) is 4.79 Å². The molecular weight excluding hydrogens is 521 g/mol. The fourth-order valence-corrected chi connectivity index (χ4v) is 7.27. The van der Waals surface area contributed by atoms with E-state index in [1.54, 1.807) is 0 Å². The zero-order chi connectivity index (χ0) is 26.8. The monoisotopic (exact) mass is 561 g/mol. The molecule has 202 valence electrons. The Morgan fingerprint density at radius 1 is 0.973 bits per heavy atom. The molecule has 1 aliphatic carbocycles. The molecule has 2 fully saturated rings. The van der Waals surface area contributed by atoms with Crippen LogP contribution >= 0.6 is 23.2 Å². The molecule has 1 amide bonds. The van der Waals surface area contributed by atoms with Crippen molar-refractivity contribution in [2.75, 3.05) is 6.54 Å². The van der Waals surface area contributed by atoms with Crippen LogP contribution in [0.2, 0.25) is 28.2 Å². The maximum atomic E-state index is 13.4. The van der Waals surface area contributed by atoms with Crippen LogP contribution < -0.4 is 4.74 Å². The summed E-state index contributed by atoms with van der Waals surface area (Å²) >= 11 is 13.3. The van der Waals surface area contributed by atoms with E-state index in [1.165, 1.54) is 0 Å². The van der Waals surface area contributed by atoms with Gasteiger partial charge in [-0.05, 0) is 79.9 Å². The lowest BCUT2D eigenvalue weighted by atomic mass is 9.92. The first-order valence-electron chi connectivity index (χ1n) is 13.6. The van der Waals surface area contributed by atoms with Crippen molar-refractivity contribution in [2.24, 2.45) is 5.92 Å². The zero-order valence-corrected chi connectivity index (χ0v) is 25.4. The van der Waals surface area contributed by atoms with Crippen molar-refractivity contribution >= 4 is 37.4 Å². The molecule has 1 aliphatic heterocycles. The number of amides is 1. The molecule has 0 bridgehead atoms. The summed E-state index contributed by atoms with van der Waals surface area (Å²) in [5.74, 6) is 0.802. The molecule has 1 saturated heterocycles. The van der Waals surface area contributed by atoms with Gasteiger partial charge in [0, 0.05) is 34.7 Å². The highest BCUT2D eigenvalue weighted by atomic mass is 35.5. The van der Waals surface area contributed by atoms with Gasteiger partial charge in [0.1, 0.15) is 12.4 Å². The number of ether oxygens (including phenoxy) is 1. The molecule has 4 nitrogen and oxygen atoms in total. The summed E-state index contributed by atoms with van der Waals surface area (Å²) in [7, 11) is -1.77. The summed E-state index contributed by atoms with van der Waals surface area (Å²) in [6.45, 7) is 12.8. The van der Waals surface area contributed by atoms with Crippen LogP contribution in [0.4, 0.5) is 0 Å². The van der Waals surface area contributed by atoms with E-state index in [-0.39, 0.29) is 16.9 Å². The van der Waals surface area contributed by atoms with Gasteiger partial charge in [-0.3, -0.25) is 4.79 Å². The minimum atomic E-state index is -1.77. The van der Waals surface area contributed by atoms with Gasteiger partial charge in [0.15, 0.2) is 8.32 Å². The molecule has 7 heteroatoms. The molecule has 0 spiro atoms. The van der Waals surface area contributed by atoms with Crippen LogP contribution in [0.25, 0.3) is 0 Å². The Balaban J connectivity index is 1.31. The Labute approximate surface area is 233 Å². The molecule has 0 radical (unpaired) electrons. The van der Waals surface area contributed by atoms with E-state index in [0.717, 1.165) is 49.8 Å². The lowest BCUT2D eigenvalue weighted by Crippen LogP contribution is -2.47. The van der Waals surface area contributed by atoms with Crippen LogP contribution in [-0.2, 0) is 22.2 Å². The highest BCUT2D eigenvalue weighted by Gasteiger charge is 2.42. The number of likely N-dealkylation sites (tertiary alicyclic amines) is 1. The quantitative estimate of drug-likeness (QED) is 0.304. The van der Waals surface area contributed by atoms with Crippen LogP contribution in [-0.4, -0.2) is 37.8 Å². The Hall–Kier alpha value is -1.53. The van der Waals surface area contributed by atoms with E-state index in [1.807, 2.05) is 42.5 Å². The van der Waals surface area contributed by atoms with E-state index in [4.69, 9.17) is 32.4 Å². The van der Waals surface area contributed by atoms with Crippen LogP contribution in [0, 0.1) is 5.92 Å². The third-order valence-corrected chi connectivity index (χ3v) is 13.7. The summed E-state index contributed by atoms with van der Waals surface area (Å²) in [6.07, 6.45) is 5.85. The van der Waals surface area contributed by atoms with Gasteiger partial charge >= 0.3 is 0 Å². The number of carbonyl (C=O) groups is 1. The molecule has 1 atom stereocenters. The Kier molecular flexibility index (Phi) is 9.00. The van der Waals surface area contributed by atoms with Crippen molar-refractivity contribution < 1.29 is 14.0 Å². The molecule has 0 unspecified atom stereocenters. The molecule has 2 aliphatic rings. The van der Waals surface area contributed by atoms with E-state index in [2.05, 4.69) is 38.8 Å². The Morgan fingerprint density at radius 2 is 1.59 bits per heavy atom. The first-order valence-corrected chi connectivity index (χ1v) is 17.2. The summed E-state index contributed by atoms with van der Waals surface area (Å²) in [5.41, 5.74) is 1.91. The molecule has 1 heterocycles. The second kappa shape index (κ2) is 11.7. The standard InChI is InChI=1S/C30H41Cl2NO3Si/c1-30(2,3)37(4,5)36-24-13-11-23(12-14-24)33-16-15-22(29(33)34)17-26-27(31)18-25(19-28(26)32)35-20-21-9-7-6-8-10-21/h6-10,18-19,22-24H,11-17,20H2,1-5H3/t22-,23-,24+/m0/s1. The smallest absolute Gasteiger partial charge is 0.226 e. The third-order valence-electron chi connectivity index (χ3n) is 8.52. The van der Waals surface area contributed by atoms with Gasteiger partial charge < -0.3 is 14.1 Å². The van der Waals surface area contributed by atoms with Crippen LogP contribution in [0.15, 0.2) is 42.5 Å². The van der Waals surface area contributed by atoms with Crippen molar-refractivity contribution in [1.29, 1.82) is 0 Å². The minimum Gasteiger partial charge on any atom is -0.489 e. The van der Waals surface area contributed by atoms with Crippen LogP contribution in [0.5, 0.6) is 5.75 Å². The minimum absolute atomic E-state index is 0.0766. The highest BCUT2D eigenvalue weighted by Crippen LogP contribution is 2.40. The SMILES string of the molecule is CC(C)(C)[Si](C)(C)O[C@H]1CC[C@@H](N2CC[C@@H](Cc3c(Cl)cc(OCc4ccccc4)cc3Cl)C2=O)CC1. The Bertz CT molecular complexity index is 1050. The average molecular weight is 563 g/mol. The van der Waals surface area contributed by atoms with Crippen molar-refractivity contribution in [3.05, 3.63) is 63.6 Å². The van der Waals surface area contributed by atoms with E-state index < -0.39 is 8.32 Å². The number of hydrogen-bond donors (Lipinski definition) is 0. The number of benzene rings is 2. The predicted molar refractivity (Wildman–Crippen MR) is 155 cm³/mol. The predicted octanol–water partition coefficient (Wildman–Crippen LogP) is 8.30. The van der Waals surface area contributed by atoms with Gasteiger partial charge in [0.25, 0.3) is 0 Å². The van der Waals surface area contributed by atoms with Crippen molar-refractivity contribution in [3.8, 4) is 5.75 Å². The molecular formula is C30H41Cl2NO3Si. The van der Waals surface area contributed by atoms with Gasteiger partial charge in [-0.25, -0.2) is 0 Å². The van der Waals surface area contributed by atoms with Crippen molar-refractivity contribution in [1.82, 2.24) is 4.90 Å². The first kappa shape index (κ1) is 28.5. The molecule has 2 aromatic carbocycles. The number of rotatable bonds is 8. The fourth-order valence-electron chi connectivity index (χ4n) is 5.23. The number of hydrogen-bond acceptors (Lipinski definition) is 3.